The van der Waals surface area contributed by atoms with Crippen LogP contribution >= 0.6 is 0 Å². The van der Waals surface area contributed by atoms with Crippen LogP contribution in [0.1, 0.15) is 71.6 Å². The zero-order valence-electron chi connectivity index (χ0n) is 10.4. The van der Waals surface area contributed by atoms with Crippen LogP contribution in [0.15, 0.2) is 10.3 Å². The van der Waals surface area contributed by atoms with Crippen LogP contribution in [0, 0.1) is 0 Å². The molecule has 3 nitrogen and oxygen atoms in total. The number of nitrogens with zero attached hydrogens (tertiary/aromatic N) is 2. The predicted octanol–water partition coefficient (Wildman–Crippen LogP) is 4.23. The van der Waals surface area contributed by atoms with E-state index in [-0.39, 0.29) is 0 Å². The molecule has 0 saturated carbocycles. The first-order valence-electron chi connectivity index (χ1n) is 6.45. The van der Waals surface area contributed by atoms with Gasteiger partial charge < -0.3 is 5.84 Å². The second-order valence-electron chi connectivity index (χ2n) is 4.23. The third-order valence-electron chi connectivity index (χ3n) is 2.74. The maximum Gasteiger partial charge on any atom is 0.0729 e. The minimum atomic E-state index is 0.367. The van der Waals surface area contributed by atoms with Gasteiger partial charge >= 0.3 is 0 Å². The Morgan fingerprint density at radius 2 is 1.53 bits per heavy atom. The molecule has 90 valence electrons. The monoisotopic (exact) mass is 213 g/mol. The smallest absolute Gasteiger partial charge is 0.0729 e. The van der Waals surface area contributed by atoms with E-state index in [2.05, 4.69) is 24.2 Å². The Morgan fingerprint density at radius 1 is 0.867 bits per heavy atom. The Labute approximate surface area is 94.5 Å². The van der Waals surface area contributed by atoms with Crippen molar-refractivity contribution in [3.63, 3.8) is 0 Å². The van der Waals surface area contributed by atoms with E-state index in [0.29, 0.717) is 6.04 Å². The Balaban J connectivity index is 3.36. The summed E-state index contributed by atoms with van der Waals surface area (Å²) in [5.74, 6) is 5.09. The summed E-state index contributed by atoms with van der Waals surface area (Å²) in [6, 6.07) is 0.367. The molecule has 0 spiro atoms. The third-order valence-corrected chi connectivity index (χ3v) is 2.74. The summed E-state index contributed by atoms with van der Waals surface area (Å²) in [5, 5.41) is 7.46. The molecule has 0 aliphatic heterocycles. The maximum atomic E-state index is 5.09. The van der Waals surface area contributed by atoms with E-state index in [1.807, 2.05) is 0 Å². The van der Waals surface area contributed by atoms with Crippen LogP contribution in [-0.2, 0) is 0 Å². The molecule has 0 amide bonds. The largest absolute Gasteiger partial charge is 0.305 e. The fraction of sp³-hybridized carbons (Fsp3) is 1.00. The first-order chi connectivity index (χ1) is 7.35. The van der Waals surface area contributed by atoms with Crippen molar-refractivity contribution in [3.8, 4) is 0 Å². The minimum Gasteiger partial charge on any atom is -0.305 e. The van der Waals surface area contributed by atoms with Crippen LogP contribution in [0.5, 0.6) is 0 Å². The Bertz CT molecular complexity index is 146. The lowest BCUT2D eigenvalue weighted by Gasteiger charge is -2.08. The van der Waals surface area contributed by atoms with Crippen LogP contribution < -0.4 is 5.84 Å². The van der Waals surface area contributed by atoms with Crippen molar-refractivity contribution in [2.24, 2.45) is 16.2 Å². The summed E-state index contributed by atoms with van der Waals surface area (Å²) in [4.78, 5) is 0. The zero-order chi connectivity index (χ0) is 11.4. The summed E-state index contributed by atoms with van der Waals surface area (Å²) in [7, 11) is 0. The van der Waals surface area contributed by atoms with Gasteiger partial charge in [-0.3, -0.25) is 0 Å². The number of unbranched alkanes of at least 4 members (excludes halogenated alkanes) is 5. The van der Waals surface area contributed by atoms with Crippen molar-refractivity contribution < 1.29 is 0 Å². The highest BCUT2D eigenvalue weighted by atomic mass is 15.3. The van der Waals surface area contributed by atoms with Crippen LogP contribution in [-0.4, -0.2) is 6.04 Å². The molecule has 0 aliphatic rings. The van der Waals surface area contributed by atoms with Gasteiger partial charge in [-0.25, -0.2) is 0 Å². The summed E-state index contributed by atoms with van der Waals surface area (Å²) in [6.45, 7) is 4.43. The van der Waals surface area contributed by atoms with Gasteiger partial charge in [-0.1, -0.05) is 64.0 Å². The third kappa shape index (κ3) is 9.70. The number of hydrogen-bond acceptors (Lipinski definition) is 2. The summed E-state index contributed by atoms with van der Waals surface area (Å²) in [6.07, 6.45) is 11.5. The lowest BCUT2D eigenvalue weighted by Crippen LogP contribution is -2.04. The Morgan fingerprint density at radius 3 is 2.13 bits per heavy atom. The van der Waals surface area contributed by atoms with Crippen molar-refractivity contribution in [2.75, 3.05) is 0 Å². The van der Waals surface area contributed by atoms with E-state index in [9.17, 15) is 0 Å². The first kappa shape index (κ1) is 14.4. The van der Waals surface area contributed by atoms with Crippen molar-refractivity contribution >= 4 is 0 Å². The number of nitrogens with two attached hydrogens (primary N) is 1. The highest BCUT2D eigenvalue weighted by Gasteiger charge is 2.04. The molecule has 0 aromatic heterocycles. The van der Waals surface area contributed by atoms with Crippen molar-refractivity contribution in [2.45, 2.75) is 77.7 Å². The van der Waals surface area contributed by atoms with Crippen LogP contribution in [0.2, 0.25) is 0 Å². The van der Waals surface area contributed by atoms with Gasteiger partial charge in [-0.15, -0.1) is 0 Å². The molecular formula is C12H27N3. The molecule has 0 aromatic carbocycles. The molecule has 0 radical (unpaired) electrons. The van der Waals surface area contributed by atoms with Crippen molar-refractivity contribution in [3.05, 3.63) is 0 Å². The van der Waals surface area contributed by atoms with E-state index in [1.165, 1.54) is 44.9 Å². The SMILES string of the molecule is CCCCCCCCC(CCC)N=NN. The summed E-state index contributed by atoms with van der Waals surface area (Å²) >= 11 is 0. The van der Waals surface area contributed by atoms with Gasteiger partial charge in [-0.2, -0.15) is 5.11 Å². The molecule has 0 aliphatic carbocycles. The molecular weight excluding hydrogens is 186 g/mol. The Kier molecular flexibility index (Phi) is 11.0. The molecule has 15 heavy (non-hydrogen) atoms. The predicted molar refractivity (Wildman–Crippen MR) is 65.7 cm³/mol. The summed E-state index contributed by atoms with van der Waals surface area (Å²) < 4.78 is 0. The Hall–Kier alpha value is -0.600. The number of hydrogen-bond donors (Lipinski definition) is 1. The van der Waals surface area contributed by atoms with Gasteiger partial charge in [0.15, 0.2) is 0 Å². The van der Waals surface area contributed by atoms with E-state index >= 15 is 0 Å². The van der Waals surface area contributed by atoms with Crippen molar-refractivity contribution in [1.82, 2.24) is 0 Å². The van der Waals surface area contributed by atoms with E-state index in [4.69, 9.17) is 5.84 Å². The van der Waals surface area contributed by atoms with Crippen LogP contribution in [0.4, 0.5) is 0 Å². The molecule has 1 unspecified atom stereocenters. The normalized spacial score (nSPS) is 13.5. The molecule has 0 aromatic rings. The topological polar surface area (TPSA) is 50.7 Å². The highest BCUT2D eigenvalue weighted by molar-refractivity contribution is 4.63. The van der Waals surface area contributed by atoms with Crippen molar-refractivity contribution in [1.29, 1.82) is 0 Å². The van der Waals surface area contributed by atoms with E-state index in [1.54, 1.807) is 0 Å². The lowest BCUT2D eigenvalue weighted by molar-refractivity contribution is 0.493. The van der Waals surface area contributed by atoms with Gasteiger partial charge in [0.25, 0.3) is 0 Å². The fourth-order valence-corrected chi connectivity index (χ4v) is 1.85. The quantitative estimate of drug-likeness (QED) is 0.251. The molecule has 0 bridgehead atoms. The van der Waals surface area contributed by atoms with Gasteiger partial charge in [-0.05, 0) is 12.8 Å². The van der Waals surface area contributed by atoms with E-state index < -0.39 is 0 Å². The lowest BCUT2D eigenvalue weighted by atomic mass is 10.0. The molecule has 0 heterocycles. The zero-order valence-corrected chi connectivity index (χ0v) is 10.4. The van der Waals surface area contributed by atoms with Crippen LogP contribution in [0.3, 0.4) is 0 Å². The van der Waals surface area contributed by atoms with E-state index in [0.717, 1.165) is 12.8 Å². The van der Waals surface area contributed by atoms with Gasteiger partial charge in [0.2, 0.25) is 0 Å². The molecule has 1 atom stereocenters. The van der Waals surface area contributed by atoms with Crippen LogP contribution in [0.25, 0.3) is 0 Å². The fourth-order valence-electron chi connectivity index (χ4n) is 1.85. The minimum absolute atomic E-state index is 0.367. The molecule has 0 saturated heterocycles. The second-order valence-corrected chi connectivity index (χ2v) is 4.23. The second kappa shape index (κ2) is 11.5. The van der Waals surface area contributed by atoms with Gasteiger partial charge in [0.1, 0.15) is 0 Å². The molecule has 0 rings (SSSR count). The maximum absolute atomic E-state index is 5.09. The van der Waals surface area contributed by atoms with Gasteiger partial charge in [0, 0.05) is 0 Å². The average Bonchev–Trinajstić information content (AvgIpc) is 2.24. The first-order valence-corrected chi connectivity index (χ1v) is 6.45. The molecule has 2 N–H and O–H groups in total. The molecule has 0 fully saturated rings. The standard InChI is InChI=1S/C12H27N3/c1-3-5-6-7-8-9-11-12(10-4-2)14-15-13/h12H,3-11H2,1-2H3,(H2,13,14). The van der Waals surface area contributed by atoms with Gasteiger partial charge in [0.05, 0.1) is 6.04 Å². The average molecular weight is 213 g/mol. The highest BCUT2D eigenvalue weighted by Crippen LogP contribution is 2.13. The number of rotatable bonds is 10. The summed E-state index contributed by atoms with van der Waals surface area (Å²) in [5.41, 5.74) is 0. The molecule has 3 heteroatoms.